The highest BCUT2D eigenvalue weighted by atomic mass is 16.6. The van der Waals surface area contributed by atoms with Gasteiger partial charge in [-0.05, 0) is 49.4 Å². The molecule has 0 radical (unpaired) electrons. The van der Waals surface area contributed by atoms with Crippen LogP contribution in [0.4, 0.5) is 0 Å². The summed E-state index contributed by atoms with van der Waals surface area (Å²) in [5, 5.41) is 3.00. The Morgan fingerprint density at radius 2 is 1.85 bits per heavy atom. The molecule has 26 heavy (non-hydrogen) atoms. The number of carbonyl (C=O) groups excluding carboxylic acids is 2. The van der Waals surface area contributed by atoms with Crippen LogP contribution in [0.5, 0.6) is 5.75 Å². The highest BCUT2D eigenvalue weighted by Crippen LogP contribution is 2.29. The summed E-state index contributed by atoms with van der Waals surface area (Å²) in [5.41, 5.74) is 2.42. The van der Waals surface area contributed by atoms with Crippen LogP contribution in [-0.4, -0.2) is 24.6 Å². The van der Waals surface area contributed by atoms with Crippen molar-refractivity contribution in [3.8, 4) is 5.75 Å². The van der Waals surface area contributed by atoms with E-state index >= 15 is 0 Å². The van der Waals surface area contributed by atoms with E-state index in [0.29, 0.717) is 5.75 Å². The highest BCUT2D eigenvalue weighted by molar-refractivity contribution is 5.84. The van der Waals surface area contributed by atoms with Crippen LogP contribution in [0.1, 0.15) is 36.9 Å². The Morgan fingerprint density at radius 1 is 1.12 bits per heavy atom. The molecule has 0 saturated heterocycles. The first-order valence-corrected chi connectivity index (χ1v) is 8.89. The average Bonchev–Trinajstić information content (AvgIpc) is 2.67. The van der Waals surface area contributed by atoms with Crippen molar-refractivity contribution in [2.75, 3.05) is 6.61 Å². The second kappa shape index (κ2) is 8.52. The number of hydrogen-bond acceptors (Lipinski definition) is 4. The standard InChI is InChI=1S/C21H23NO4/c1-15(26-20(23)14-25-17-10-3-2-4-11-17)21(24)22-19-13-7-9-16-8-5-6-12-18(16)19/h2-6,8,10-12,15,19H,7,9,13-14H2,1H3,(H,22,24)/t15-,19+/m0/s1. The Kier molecular flexibility index (Phi) is 5.89. The average molecular weight is 353 g/mol. The number of amides is 1. The smallest absolute Gasteiger partial charge is 0.344 e. The zero-order valence-corrected chi connectivity index (χ0v) is 14.8. The maximum Gasteiger partial charge on any atom is 0.344 e. The lowest BCUT2D eigenvalue weighted by atomic mass is 9.87. The Labute approximate surface area is 153 Å². The maximum absolute atomic E-state index is 12.4. The molecular formula is C21H23NO4. The van der Waals surface area contributed by atoms with Crippen LogP contribution in [0.3, 0.4) is 0 Å². The normalized spacial score (nSPS) is 16.9. The third-order valence-electron chi connectivity index (χ3n) is 4.46. The van der Waals surface area contributed by atoms with Crippen molar-refractivity contribution in [3.05, 3.63) is 65.7 Å². The lowest BCUT2D eigenvalue weighted by Crippen LogP contribution is -2.39. The van der Waals surface area contributed by atoms with E-state index in [0.717, 1.165) is 24.8 Å². The molecule has 0 spiro atoms. The molecule has 1 amide bonds. The monoisotopic (exact) mass is 353 g/mol. The van der Waals surface area contributed by atoms with Crippen molar-refractivity contribution >= 4 is 11.9 Å². The molecular weight excluding hydrogens is 330 g/mol. The van der Waals surface area contributed by atoms with Crippen LogP contribution in [0.15, 0.2) is 54.6 Å². The number of benzene rings is 2. The summed E-state index contributed by atoms with van der Waals surface area (Å²) in [5.74, 6) is -0.277. The summed E-state index contributed by atoms with van der Waals surface area (Å²) in [6.07, 6.45) is 2.09. The molecule has 0 bridgehead atoms. The third-order valence-corrected chi connectivity index (χ3v) is 4.46. The van der Waals surface area contributed by atoms with Gasteiger partial charge in [0.05, 0.1) is 6.04 Å². The number of rotatable bonds is 6. The van der Waals surface area contributed by atoms with Gasteiger partial charge in [0, 0.05) is 0 Å². The van der Waals surface area contributed by atoms with Crippen molar-refractivity contribution in [3.63, 3.8) is 0 Å². The second-order valence-electron chi connectivity index (χ2n) is 6.39. The van der Waals surface area contributed by atoms with Gasteiger partial charge in [0.15, 0.2) is 12.7 Å². The molecule has 1 N–H and O–H groups in total. The minimum atomic E-state index is -0.865. The van der Waals surface area contributed by atoms with Crippen LogP contribution in [0, 0.1) is 0 Å². The molecule has 136 valence electrons. The van der Waals surface area contributed by atoms with E-state index < -0.39 is 12.1 Å². The van der Waals surface area contributed by atoms with Gasteiger partial charge < -0.3 is 14.8 Å². The minimum absolute atomic E-state index is 0.0332. The number of hydrogen-bond donors (Lipinski definition) is 1. The fourth-order valence-electron chi connectivity index (χ4n) is 3.14. The first kappa shape index (κ1) is 18.0. The van der Waals surface area contributed by atoms with Crippen molar-refractivity contribution < 1.29 is 19.1 Å². The molecule has 2 atom stereocenters. The number of nitrogens with one attached hydrogen (secondary N) is 1. The first-order valence-electron chi connectivity index (χ1n) is 8.89. The largest absolute Gasteiger partial charge is 0.482 e. The third kappa shape index (κ3) is 4.63. The second-order valence-corrected chi connectivity index (χ2v) is 6.39. The van der Waals surface area contributed by atoms with Gasteiger partial charge in [-0.3, -0.25) is 4.79 Å². The van der Waals surface area contributed by atoms with E-state index in [1.165, 1.54) is 5.56 Å². The predicted molar refractivity (Wildman–Crippen MR) is 97.8 cm³/mol. The fraction of sp³-hybridized carbons (Fsp3) is 0.333. The van der Waals surface area contributed by atoms with Gasteiger partial charge in [0.2, 0.25) is 0 Å². The molecule has 2 aromatic rings. The van der Waals surface area contributed by atoms with Crippen molar-refractivity contribution in [2.45, 2.75) is 38.3 Å². The molecule has 1 aliphatic rings. The zero-order valence-electron chi connectivity index (χ0n) is 14.8. The van der Waals surface area contributed by atoms with Crippen molar-refractivity contribution in [1.29, 1.82) is 0 Å². The number of aryl methyl sites for hydroxylation is 1. The summed E-state index contributed by atoms with van der Waals surface area (Å²) < 4.78 is 10.5. The van der Waals surface area contributed by atoms with Crippen LogP contribution < -0.4 is 10.1 Å². The Bertz CT molecular complexity index is 760. The Balaban J connectivity index is 1.50. The van der Waals surface area contributed by atoms with E-state index in [1.807, 2.05) is 36.4 Å². The van der Waals surface area contributed by atoms with E-state index in [1.54, 1.807) is 19.1 Å². The van der Waals surface area contributed by atoms with E-state index in [-0.39, 0.29) is 18.6 Å². The van der Waals surface area contributed by atoms with Gasteiger partial charge in [-0.1, -0.05) is 42.5 Å². The lowest BCUT2D eigenvalue weighted by molar-refractivity contribution is -0.156. The SMILES string of the molecule is C[C@H](OC(=O)COc1ccccc1)C(=O)N[C@@H]1CCCc2ccccc21. The number of ether oxygens (including phenoxy) is 2. The van der Waals surface area contributed by atoms with Crippen molar-refractivity contribution in [1.82, 2.24) is 5.32 Å². The molecule has 5 heteroatoms. The number of esters is 1. The van der Waals surface area contributed by atoms with Gasteiger partial charge in [-0.25, -0.2) is 4.79 Å². The highest BCUT2D eigenvalue weighted by Gasteiger charge is 2.25. The molecule has 2 aromatic carbocycles. The van der Waals surface area contributed by atoms with Crippen LogP contribution in [0.25, 0.3) is 0 Å². The number of para-hydroxylation sites is 1. The van der Waals surface area contributed by atoms with Crippen LogP contribution in [-0.2, 0) is 20.7 Å². The van der Waals surface area contributed by atoms with Gasteiger partial charge in [0.25, 0.3) is 5.91 Å². The number of carbonyl (C=O) groups is 2. The number of fused-ring (bicyclic) bond motifs is 1. The quantitative estimate of drug-likeness (QED) is 0.810. The molecule has 0 saturated carbocycles. The molecule has 0 aliphatic heterocycles. The molecule has 0 aromatic heterocycles. The summed E-state index contributed by atoms with van der Waals surface area (Å²) in [7, 11) is 0. The van der Waals surface area contributed by atoms with E-state index in [2.05, 4.69) is 11.4 Å². The molecule has 0 unspecified atom stereocenters. The lowest BCUT2D eigenvalue weighted by Gasteiger charge is -2.27. The Hall–Kier alpha value is -2.82. The van der Waals surface area contributed by atoms with E-state index in [9.17, 15) is 9.59 Å². The van der Waals surface area contributed by atoms with Gasteiger partial charge in [-0.2, -0.15) is 0 Å². The van der Waals surface area contributed by atoms with Crippen LogP contribution >= 0.6 is 0 Å². The molecule has 0 fully saturated rings. The fourth-order valence-corrected chi connectivity index (χ4v) is 3.14. The molecule has 1 aliphatic carbocycles. The topological polar surface area (TPSA) is 64.6 Å². The van der Waals surface area contributed by atoms with E-state index in [4.69, 9.17) is 9.47 Å². The predicted octanol–water partition coefficient (Wildman–Crippen LogP) is 3.19. The minimum Gasteiger partial charge on any atom is -0.482 e. The Morgan fingerprint density at radius 3 is 2.65 bits per heavy atom. The van der Waals surface area contributed by atoms with Gasteiger partial charge in [0.1, 0.15) is 5.75 Å². The maximum atomic E-state index is 12.4. The summed E-state index contributed by atoms with van der Waals surface area (Å²) in [6.45, 7) is 1.35. The van der Waals surface area contributed by atoms with Crippen molar-refractivity contribution in [2.24, 2.45) is 0 Å². The molecule has 0 heterocycles. The first-order chi connectivity index (χ1) is 12.6. The zero-order chi connectivity index (χ0) is 18.4. The summed E-state index contributed by atoms with van der Waals surface area (Å²) in [6, 6.07) is 17.1. The molecule has 5 nitrogen and oxygen atoms in total. The summed E-state index contributed by atoms with van der Waals surface area (Å²) >= 11 is 0. The van der Waals surface area contributed by atoms with Gasteiger partial charge >= 0.3 is 5.97 Å². The molecule has 3 rings (SSSR count). The van der Waals surface area contributed by atoms with Gasteiger partial charge in [-0.15, -0.1) is 0 Å². The summed E-state index contributed by atoms with van der Waals surface area (Å²) in [4.78, 5) is 24.3. The van der Waals surface area contributed by atoms with Crippen LogP contribution in [0.2, 0.25) is 0 Å².